The summed E-state index contributed by atoms with van der Waals surface area (Å²) in [5.74, 6) is 2.76. The molecule has 2 N–H and O–H groups in total. The van der Waals surface area contributed by atoms with E-state index < -0.39 is 0 Å². The molecule has 1 unspecified atom stereocenters. The second-order valence-electron chi connectivity index (χ2n) is 7.93. The van der Waals surface area contributed by atoms with Crippen LogP contribution in [-0.2, 0) is 0 Å². The van der Waals surface area contributed by atoms with E-state index in [-0.39, 0.29) is 5.75 Å². The third-order valence-corrected chi connectivity index (χ3v) is 8.15. The zero-order valence-corrected chi connectivity index (χ0v) is 18.5. The van der Waals surface area contributed by atoms with Crippen LogP contribution in [0, 0.1) is 5.92 Å². The van der Waals surface area contributed by atoms with Crippen molar-refractivity contribution in [3.8, 4) is 5.75 Å². The van der Waals surface area contributed by atoms with Crippen LogP contribution in [0.3, 0.4) is 0 Å². The number of thioether (sulfide) groups is 1. The Kier molecular flexibility index (Phi) is 5.64. The number of piperazine rings is 1. The summed E-state index contributed by atoms with van der Waals surface area (Å²) in [6.07, 6.45) is 4.04. The summed E-state index contributed by atoms with van der Waals surface area (Å²) in [5, 5.41) is 13.0. The van der Waals surface area contributed by atoms with Crippen LogP contribution in [0.25, 0.3) is 15.1 Å². The van der Waals surface area contributed by atoms with Crippen LogP contribution in [-0.4, -0.2) is 70.4 Å². The van der Waals surface area contributed by atoms with Crippen molar-refractivity contribution in [2.75, 3.05) is 50.8 Å². The van der Waals surface area contributed by atoms with Crippen molar-refractivity contribution in [1.29, 1.82) is 0 Å². The molecule has 1 fully saturated rings. The average molecular weight is 440 g/mol. The largest absolute Gasteiger partial charge is 0.508 e. The van der Waals surface area contributed by atoms with Gasteiger partial charge in [0.15, 0.2) is 5.82 Å². The van der Waals surface area contributed by atoms with E-state index in [0.717, 1.165) is 34.0 Å². The Labute approximate surface area is 184 Å². The van der Waals surface area contributed by atoms with Crippen LogP contribution in [0.15, 0.2) is 42.7 Å². The normalized spacial score (nSPS) is 20.6. The number of likely N-dealkylation sites (N-methyl/N-ethyl adjacent to an activating group) is 1. The van der Waals surface area contributed by atoms with Gasteiger partial charge in [0.1, 0.15) is 12.1 Å². The van der Waals surface area contributed by atoms with E-state index in [2.05, 4.69) is 44.3 Å². The van der Waals surface area contributed by atoms with Gasteiger partial charge in [-0.05, 0) is 25.2 Å². The van der Waals surface area contributed by atoms with Gasteiger partial charge in [0.25, 0.3) is 0 Å². The van der Waals surface area contributed by atoms with Crippen molar-refractivity contribution in [3.05, 3.63) is 47.6 Å². The fourth-order valence-corrected chi connectivity index (χ4v) is 6.28. The Hall–Kier alpha value is -2.13. The van der Waals surface area contributed by atoms with Crippen LogP contribution >= 0.6 is 23.1 Å². The minimum atomic E-state index is 0.232. The monoisotopic (exact) mass is 439 g/mol. The predicted molar refractivity (Wildman–Crippen MR) is 127 cm³/mol. The van der Waals surface area contributed by atoms with Crippen LogP contribution in [0.1, 0.15) is 4.88 Å². The number of anilines is 2. The zero-order valence-electron chi connectivity index (χ0n) is 16.9. The molecule has 2 aliphatic heterocycles. The number of aromatic hydroxyl groups is 1. The Morgan fingerprint density at radius 1 is 1.17 bits per heavy atom. The third-order valence-electron chi connectivity index (χ3n) is 5.59. The first-order chi connectivity index (χ1) is 14.6. The quantitative estimate of drug-likeness (QED) is 0.621. The smallest absolute Gasteiger partial charge is 0.151 e. The number of nitrogens with zero attached hydrogens (tertiary/aromatic N) is 4. The lowest BCUT2D eigenvalue weighted by Crippen LogP contribution is -2.46. The molecule has 0 amide bonds. The first-order valence-corrected chi connectivity index (χ1v) is 12.0. The highest BCUT2D eigenvalue weighted by atomic mass is 32.2. The first-order valence-electron chi connectivity index (χ1n) is 10.2. The number of nitrogens with one attached hydrogen (secondary N) is 1. The van der Waals surface area contributed by atoms with Crippen molar-refractivity contribution in [3.63, 3.8) is 0 Å². The van der Waals surface area contributed by atoms with Gasteiger partial charge in [-0.3, -0.25) is 0 Å². The summed E-state index contributed by atoms with van der Waals surface area (Å²) in [6, 6.07) is 9.26. The van der Waals surface area contributed by atoms with E-state index in [4.69, 9.17) is 0 Å². The molecule has 3 aromatic rings. The fourth-order valence-electron chi connectivity index (χ4n) is 3.91. The predicted octanol–water partition coefficient (Wildman–Crippen LogP) is 4.09. The lowest BCUT2D eigenvalue weighted by Gasteiger charge is -2.33. The number of phenolic OH excluding ortho intramolecular Hbond substituents is 1. The van der Waals surface area contributed by atoms with E-state index in [1.807, 2.05) is 23.9 Å². The molecular weight excluding hydrogens is 414 g/mol. The second kappa shape index (κ2) is 8.55. The molecule has 30 heavy (non-hydrogen) atoms. The van der Waals surface area contributed by atoms with Crippen molar-refractivity contribution in [1.82, 2.24) is 19.8 Å². The number of benzene rings is 1. The number of aromatic nitrogens is 2. The number of rotatable bonds is 5. The van der Waals surface area contributed by atoms with Gasteiger partial charge in [0.2, 0.25) is 0 Å². The highest BCUT2D eigenvalue weighted by molar-refractivity contribution is 8.08. The van der Waals surface area contributed by atoms with Crippen molar-refractivity contribution >= 4 is 49.7 Å². The van der Waals surface area contributed by atoms with Crippen molar-refractivity contribution < 1.29 is 5.11 Å². The van der Waals surface area contributed by atoms with E-state index >= 15 is 0 Å². The standard InChI is InChI=1S/C22H25N5OS2/c1-26-5-7-27(8-6-26)12-15-9-19(29-13-15)20-11-18-21(30-20)22(24-14-23-18)25-16-3-2-4-17(28)10-16/h2-4,9-11,14-15,28H,5-8,12-13H2,1H3,(H,23,24,25). The zero-order chi connectivity index (χ0) is 20.5. The highest BCUT2D eigenvalue weighted by Crippen LogP contribution is 2.43. The summed E-state index contributed by atoms with van der Waals surface area (Å²) < 4.78 is 1.04. The maximum absolute atomic E-state index is 9.72. The molecule has 5 rings (SSSR count). The highest BCUT2D eigenvalue weighted by Gasteiger charge is 2.23. The topological polar surface area (TPSA) is 64.5 Å². The van der Waals surface area contributed by atoms with Gasteiger partial charge in [-0.1, -0.05) is 12.1 Å². The van der Waals surface area contributed by atoms with Crippen molar-refractivity contribution in [2.24, 2.45) is 5.92 Å². The minimum Gasteiger partial charge on any atom is -0.508 e. The third kappa shape index (κ3) is 4.32. The van der Waals surface area contributed by atoms with Gasteiger partial charge in [-0.25, -0.2) is 9.97 Å². The van der Waals surface area contributed by atoms with Gasteiger partial charge in [0, 0.05) is 65.9 Å². The summed E-state index contributed by atoms with van der Waals surface area (Å²) in [4.78, 5) is 16.5. The maximum atomic E-state index is 9.72. The molecule has 2 aliphatic rings. The lowest BCUT2D eigenvalue weighted by molar-refractivity contribution is 0.146. The van der Waals surface area contributed by atoms with E-state index in [0.29, 0.717) is 5.92 Å². The molecule has 0 spiro atoms. The molecule has 2 aromatic heterocycles. The fraction of sp³-hybridized carbons (Fsp3) is 0.364. The Bertz CT molecular complexity index is 1070. The molecule has 1 saturated heterocycles. The number of thiophene rings is 1. The summed E-state index contributed by atoms with van der Waals surface area (Å²) in [7, 11) is 2.20. The van der Waals surface area contributed by atoms with Gasteiger partial charge in [0.05, 0.1) is 10.2 Å². The molecule has 8 heteroatoms. The summed E-state index contributed by atoms with van der Waals surface area (Å²) >= 11 is 3.69. The molecule has 0 bridgehead atoms. The number of phenols is 1. The molecule has 1 aromatic carbocycles. The van der Waals surface area contributed by atoms with Crippen molar-refractivity contribution in [2.45, 2.75) is 0 Å². The number of fused-ring (bicyclic) bond motifs is 1. The van der Waals surface area contributed by atoms with Crippen LogP contribution in [0.4, 0.5) is 11.5 Å². The first kappa shape index (κ1) is 19.8. The van der Waals surface area contributed by atoms with Crippen LogP contribution < -0.4 is 5.32 Å². The van der Waals surface area contributed by atoms with Crippen LogP contribution in [0.5, 0.6) is 5.75 Å². The molecule has 1 atom stereocenters. The lowest BCUT2D eigenvalue weighted by atomic mass is 10.1. The Morgan fingerprint density at radius 3 is 2.87 bits per heavy atom. The number of hydrogen-bond acceptors (Lipinski definition) is 8. The van der Waals surface area contributed by atoms with Gasteiger partial charge < -0.3 is 20.2 Å². The minimum absolute atomic E-state index is 0.232. The molecule has 0 saturated carbocycles. The summed E-state index contributed by atoms with van der Waals surface area (Å²) in [5.41, 5.74) is 1.77. The molecular formula is C22H25N5OS2. The Balaban J connectivity index is 1.34. The summed E-state index contributed by atoms with van der Waals surface area (Å²) in [6.45, 7) is 5.83. The van der Waals surface area contributed by atoms with E-state index in [9.17, 15) is 5.11 Å². The molecule has 156 valence electrons. The van der Waals surface area contributed by atoms with Gasteiger partial charge in [-0.15, -0.1) is 23.1 Å². The van der Waals surface area contributed by atoms with Gasteiger partial charge >= 0.3 is 0 Å². The Morgan fingerprint density at radius 2 is 2.03 bits per heavy atom. The molecule has 0 aliphatic carbocycles. The number of hydrogen-bond donors (Lipinski definition) is 2. The maximum Gasteiger partial charge on any atom is 0.151 e. The SMILES string of the molecule is CN1CCN(CC2C=C(c3cc4ncnc(Nc5cccc(O)c5)c4s3)SC2)CC1. The van der Waals surface area contributed by atoms with Crippen LogP contribution in [0.2, 0.25) is 0 Å². The molecule has 4 heterocycles. The second-order valence-corrected chi connectivity index (χ2v) is 10.0. The van der Waals surface area contributed by atoms with E-state index in [1.165, 1.54) is 36.0 Å². The molecule has 6 nitrogen and oxygen atoms in total. The van der Waals surface area contributed by atoms with E-state index in [1.54, 1.807) is 29.8 Å². The van der Waals surface area contributed by atoms with Gasteiger partial charge in [-0.2, -0.15) is 0 Å². The molecule has 0 radical (unpaired) electrons. The average Bonchev–Trinajstić information content (AvgIpc) is 3.37.